The van der Waals surface area contributed by atoms with Crippen molar-refractivity contribution in [3.63, 3.8) is 0 Å². The van der Waals surface area contributed by atoms with Crippen LogP contribution in [0.15, 0.2) is 0 Å². The predicted molar refractivity (Wildman–Crippen MR) is 76.2 cm³/mol. The molecule has 0 saturated carbocycles. The summed E-state index contributed by atoms with van der Waals surface area (Å²) in [4.78, 5) is 14.1. The quantitative estimate of drug-likeness (QED) is 0.818. The Kier molecular flexibility index (Phi) is 3.21. The molecule has 7 nitrogen and oxygen atoms in total. The second-order valence-corrected chi connectivity index (χ2v) is 7.01. The number of nitrogens with zero attached hydrogens (tertiary/aromatic N) is 1. The Morgan fingerprint density at radius 2 is 2.14 bits per heavy atom. The molecule has 7 heteroatoms. The molecule has 4 fully saturated rings. The van der Waals surface area contributed by atoms with Gasteiger partial charge in [0.1, 0.15) is 23.9 Å². The molecule has 0 aromatic heterocycles. The third kappa shape index (κ3) is 1.99. The smallest absolute Gasteiger partial charge is 0.317 e. The Morgan fingerprint density at radius 1 is 1.32 bits per heavy atom. The first kappa shape index (κ1) is 14.7. The van der Waals surface area contributed by atoms with E-state index in [0.717, 1.165) is 12.8 Å². The first-order valence-electron chi connectivity index (χ1n) is 8.15. The van der Waals surface area contributed by atoms with Gasteiger partial charge in [-0.3, -0.25) is 0 Å². The van der Waals surface area contributed by atoms with Crippen molar-refractivity contribution in [2.75, 3.05) is 19.7 Å². The van der Waals surface area contributed by atoms with Crippen molar-refractivity contribution >= 4 is 6.03 Å². The number of hydrogen-bond acceptors (Lipinski definition) is 5. The topological polar surface area (TPSA) is 69.3 Å². The monoisotopic (exact) mass is 312 g/mol. The molecule has 1 N–H and O–H groups in total. The van der Waals surface area contributed by atoms with Crippen LogP contribution in [0.5, 0.6) is 0 Å². The van der Waals surface area contributed by atoms with Crippen molar-refractivity contribution in [2.45, 2.75) is 69.5 Å². The number of carbonyl (C=O) groups excluding carboxylic acids is 1. The highest BCUT2D eigenvalue weighted by molar-refractivity contribution is 5.75. The van der Waals surface area contributed by atoms with Gasteiger partial charge in [-0.2, -0.15) is 0 Å². The minimum atomic E-state index is -0.671. The SMILES string of the molecule is CC[C@@]12COC(O1)[C@H](N1CCCNC1=O)C1OC(C)(C)O[C@H]12. The summed E-state index contributed by atoms with van der Waals surface area (Å²) >= 11 is 0. The van der Waals surface area contributed by atoms with E-state index in [1.54, 1.807) is 4.90 Å². The van der Waals surface area contributed by atoms with Crippen LogP contribution in [0.1, 0.15) is 33.6 Å². The van der Waals surface area contributed by atoms with Crippen LogP contribution in [0.4, 0.5) is 4.79 Å². The first-order chi connectivity index (χ1) is 10.5. The molecule has 4 heterocycles. The van der Waals surface area contributed by atoms with Gasteiger partial charge < -0.3 is 29.2 Å². The lowest BCUT2D eigenvalue weighted by atomic mass is 9.85. The number of ether oxygens (including phenoxy) is 4. The van der Waals surface area contributed by atoms with Crippen LogP contribution in [0, 0.1) is 0 Å². The highest BCUT2D eigenvalue weighted by Gasteiger charge is 2.66. The van der Waals surface area contributed by atoms with Crippen LogP contribution in [-0.4, -0.2) is 66.6 Å². The van der Waals surface area contributed by atoms with Gasteiger partial charge >= 0.3 is 6.03 Å². The fraction of sp³-hybridized carbons (Fsp3) is 0.933. The number of urea groups is 1. The molecule has 0 radical (unpaired) electrons. The highest BCUT2D eigenvalue weighted by Crippen LogP contribution is 2.49. The van der Waals surface area contributed by atoms with Gasteiger partial charge in [-0.05, 0) is 26.7 Å². The maximum Gasteiger partial charge on any atom is 0.317 e. The molecular weight excluding hydrogens is 288 g/mol. The van der Waals surface area contributed by atoms with Gasteiger partial charge in [-0.1, -0.05) is 6.92 Å². The number of carbonyl (C=O) groups is 1. The van der Waals surface area contributed by atoms with E-state index in [-0.39, 0.29) is 24.3 Å². The normalized spacial score (nSPS) is 46.5. The summed E-state index contributed by atoms with van der Waals surface area (Å²) in [7, 11) is 0. The van der Waals surface area contributed by atoms with Crippen LogP contribution < -0.4 is 5.32 Å². The zero-order chi connectivity index (χ0) is 15.5. The molecule has 0 aliphatic carbocycles. The lowest BCUT2D eigenvalue weighted by Gasteiger charge is -2.46. The molecular formula is C15H24N2O5. The van der Waals surface area contributed by atoms with Crippen LogP contribution in [0.3, 0.4) is 0 Å². The van der Waals surface area contributed by atoms with Crippen molar-refractivity contribution in [3.8, 4) is 0 Å². The Bertz CT molecular complexity index is 485. The zero-order valence-electron chi connectivity index (χ0n) is 13.3. The molecule has 22 heavy (non-hydrogen) atoms. The van der Waals surface area contributed by atoms with Crippen LogP contribution in [0.2, 0.25) is 0 Å². The second kappa shape index (κ2) is 4.80. The van der Waals surface area contributed by atoms with E-state index in [2.05, 4.69) is 12.2 Å². The molecule has 0 aromatic rings. The Hall–Kier alpha value is -0.890. The van der Waals surface area contributed by atoms with Crippen LogP contribution in [-0.2, 0) is 18.9 Å². The Labute approximate surface area is 130 Å². The summed E-state index contributed by atoms with van der Waals surface area (Å²) in [5.74, 6) is -0.671. The van der Waals surface area contributed by atoms with Crippen LogP contribution in [0.25, 0.3) is 0 Å². The molecule has 4 aliphatic heterocycles. The summed E-state index contributed by atoms with van der Waals surface area (Å²) in [6.45, 7) is 7.79. The average Bonchev–Trinajstić information content (AvgIpc) is 3.02. The van der Waals surface area contributed by atoms with E-state index in [9.17, 15) is 4.79 Å². The van der Waals surface area contributed by atoms with E-state index in [0.29, 0.717) is 19.7 Å². The highest BCUT2D eigenvalue weighted by atomic mass is 16.8. The lowest BCUT2D eigenvalue weighted by molar-refractivity contribution is -0.211. The molecule has 0 aromatic carbocycles. The average molecular weight is 312 g/mol. The first-order valence-corrected chi connectivity index (χ1v) is 8.15. The lowest BCUT2D eigenvalue weighted by Crippen LogP contribution is -2.67. The maximum absolute atomic E-state index is 12.3. The molecule has 2 amide bonds. The predicted octanol–water partition coefficient (Wildman–Crippen LogP) is 0.826. The number of fused-ring (bicyclic) bond motifs is 4. The van der Waals surface area contributed by atoms with Gasteiger partial charge in [0.15, 0.2) is 12.1 Å². The van der Waals surface area contributed by atoms with Gasteiger partial charge in [0, 0.05) is 13.1 Å². The third-order valence-electron chi connectivity index (χ3n) is 5.18. The van der Waals surface area contributed by atoms with Crippen LogP contribution >= 0.6 is 0 Å². The van der Waals surface area contributed by atoms with Gasteiger partial charge in [0.05, 0.1) is 6.61 Å². The number of rotatable bonds is 2. The molecule has 0 spiro atoms. The standard InChI is InChI=1S/C15H24N2O5/c1-4-15-8-19-12(22-15)9(17-7-5-6-16-13(17)18)10-11(15)21-14(2,3)20-10/h9-12H,4-8H2,1-3H3,(H,16,18)/t9-,10?,11-,12?,15+/m1/s1. The summed E-state index contributed by atoms with van der Waals surface area (Å²) in [5.41, 5.74) is -0.466. The van der Waals surface area contributed by atoms with E-state index in [4.69, 9.17) is 18.9 Å². The molecule has 4 rings (SSSR count). The van der Waals surface area contributed by atoms with E-state index >= 15 is 0 Å². The summed E-state index contributed by atoms with van der Waals surface area (Å²) in [6, 6.07) is -0.347. The van der Waals surface area contributed by atoms with Crippen molar-refractivity contribution in [1.29, 1.82) is 0 Å². The Balaban J connectivity index is 1.69. The minimum absolute atomic E-state index is 0.0774. The molecule has 2 unspecified atom stereocenters. The van der Waals surface area contributed by atoms with Gasteiger partial charge in [0.2, 0.25) is 0 Å². The van der Waals surface area contributed by atoms with Crippen molar-refractivity contribution in [1.82, 2.24) is 10.2 Å². The summed E-state index contributed by atoms with van der Waals surface area (Å²) < 4.78 is 24.4. The van der Waals surface area contributed by atoms with E-state index < -0.39 is 17.7 Å². The molecule has 4 aliphatic rings. The molecule has 5 atom stereocenters. The van der Waals surface area contributed by atoms with Crippen molar-refractivity contribution < 1.29 is 23.7 Å². The second-order valence-electron chi connectivity index (χ2n) is 7.01. The van der Waals surface area contributed by atoms with Gasteiger partial charge in [-0.25, -0.2) is 4.79 Å². The largest absolute Gasteiger partial charge is 0.347 e. The minimum Gasteiger partial charge on any atom is -0.347 e. The number of amides is 2. The van der Waals surface area contributed by atoms with Crippen molar-refractivity contribution in [2.24, 2.45) is 0 Å². The number of nitrogens with one attached hydrogen (secondary N) is 1. The molecule has 2 bridgehead atoms. The third-order valence-corrected chi connectivity index (χ3v) is 5.18. The summed E-state index contributed by atoms with van der Waals surface area (Å²) in [6.07, 6.45) is 0.826. The fourth-order valence-corrected chi connectivity index (χ4v) is 4.08. The zero-order valence-corrected chi connectivity index (χ0v) is 13.3. The fourth-order valence-electron chi connectivity index (χ4n) is 4.08. The molecule has 124 valence electrons. The molecule has 4 saturated heterocycles. The maximum atomic E-state index is 12.3. The number of hydrogen-bond donors (Lipinski definition) is 1. The van der Waals surface area contributed by atoms with E-state index in [1.165, 1.54) is 0 Å². The Morgan fingerprint density at radius 3 is 2.86 bits per heavy atom. The van der Waals surface area contributed by atoms with Gasteiger partial charge in [0.25, 0.3) is 0 Å². The summed E-state index contributed by atoms with van der Waals surface area (Å²) in [5, 5.41) is 2.89. The van der Waals surface area contributed by atoms with E-state index in [1.807, 2.05) is 13.8 Å². The van der Waals surface area contributed by atoms with Crippen molar-refractivity contribution in [3.05, 3.63) is 0 Å². The van der Waals surface area contributed by atoms with Gasteiger partial charge in [-0.15, -0.1) is 0 Å².